The summed E-state index contributed by atoms with van der Waals surface area (Å²) < 4.78 is 2.17. The fourth-order valence-electron chi connectivity index (χ4n) is 2.37. The van der Waals surface area contributed by atoms with Crippen LogP contribution in [0, 0.1) is 6.92 Å². The number of carbonyl (C=O) groups is 1. The lowest BCUT2D eigenvalue weighted by Gasteiger charge is -2.20. The van der Waals surface area contributed by atoms with Crippen LogP contribution in [-0.2, 0) is 11.2 Å². The van der Waals surface area contributed by atoms with Crippen LogP contribution in [0.4, 0.5) is 5.69 Å². The minimum atomic E-state index is 0.0873. The third-order valence-corrected chi connectivity index (χ3v) is 3.19. The molecule has 1 aromatic carbocycles. The molecule has 0 aliphatic carbocycles. The standard InChI is InChI=1S/C14H14N2O/c1-10-4-2-6-12-14(10)16-9-3-5-11(16)7-8-13(17)15-12/h2-6,9H,7-8H2,1H3,(H,15,17). The molecule has 1 aliphatic heterocycles. The normalized spacial score (nSPS) is 14.3. The molecule has 3 heteroatoms. The predicted octanol–water partition coefficient (Wildman–Crippen LogP) is 2.67. The Balaban J connectivity index is 2.27. The Morgan fingerprint density at radius 1 is 1.18 bits per heavy atom. The lowest BCUT2D eigenvalue weighted by atomic mass is 10.1. The van der Waals surface area contributed by atoms with Gasteiger partial charge in [-0.05, 0) is 37.1 Å². The Bertz CT molecular complexity index is 584. The molecular formula is C14H14N2O. The minimum Gasteiger partial charge on any atom is -0.324 e. The molecule has 0 radical (unpaired) electrons. The van der Waals surface area contributed by atoms with Gasteiger partial charge in [0.25, 0.3) is 0 Å². The summed E-state index contributed by atoms with van der Waals surface area (Å²) in [5.74, 6) is 0.0873. The third-order valence-electron chi connectivity index (χ3n) is 3.19. The van der Waals surface area contributed by atoms with Crippen LogP contribution in [0.3, 0.4) is 0 Å². The first-order valence-corrected chi connectivity index (χ1v) is 5.82. The van der Waals surface area contributed by atoms with E-state index in [2.05, 4.69) is 35.1 Å². The van der Waals surface area contributed by atoms with Gasteiger partial charge in [0.15, 0.2) is 0 Å². The lowest BCUT2D eigenvalue weighted by molar-refractivity contribution is -0.116. The largest absolute Gasteiger partial charge is 0.324 e. The van der Waals surface area contributed by atoms with Gasteiger partial charge in [-0.15, -0.1) is 0 Å². The number of aryl methyl sites for hydroxylation is 2. The first-order valence-electron chi connectivity index (χ1n) is 5.82. The van der Waals surface area contributed by atoms with Crippen LogP contribution in [-0.4, -0.2) is 10.5 Å². The van der Waals surface area contributed by atoms with Crippen molar-refractivity contribution in [2.75, 3.05) is 5.32 Å². The van der Waals surface area contributed by atoms with E-state index in [0.29, 0.717) is 6.42 Å². The number of fused-ring (bicyclic) bond motifs is 3. The summed E-state index contributed by atoms with van der Waals surface area (Å²) >= 11 is 0. The monoisotopic (exact) mass is 226 g/mol. The highest BCUT2D eigenvalue weighted by Gasteiger charge is 2.16. The number of nitrogens with one attached hydrogen (secondary N) is 1. The summed E-state index contributed by atoms with van der Waals surface area (Å²) in [5.41, 5.74) is 4.34. The fourth-order valence-corrected chi connectivity index (χ4v) is 2.37. The van der Waals surface area contributed by atoms with E-state index in [0.717, 1.165) is 17.8 Å². The zero-order valence-electron chi connectivity index (χ0n) is 9.73. The van der Waals surface area contributed by atoms with Crippen LogP contribution in [0.5, 0.6) is 0 Å². The van der Waals surface area contributed by atoms with Crippen LogP contribution >= 0.6 is 0 Å². The Hall–Kier alpha value is -2.03. The van der Waals surface area contributed by atoms with E-state index in [1.54, 1.807) is 0 Å². The first kappa shape index (κ1) is 10.1. The van der Waals surface area contributed by atoms with E-state index in [1.165, 1.54) is 11.3 Å². The molecule has 1 amide bonds. The van der Waals surface area contributed by atoms with Crippen molar-refractivity contribution >= 4 is 11.6 Å². The predicted molar refractivity (Wildman–Crippen MR) is 67.5 cm³/mol. The van der Waals surface area contributed by atoms with Crippen molar-refractivity contribution in [3.05, 3.63) is 47.8 Å². The first-order chi connectivity index (χ1) is 8.25. The minimum absolute atomic E-state index is 0.0873. The van der Waals surface area contributed by atoms with E-state index in [1.807, 2.05) is 18.2 Å². The lowest BCUT2D eigenvalue weighted by Crippen LogP contribution is -2.18. The number of anilines is 1. The van der Waals surface area contributed by atoms with Gasteiger partial charge in [0.1, 0.15) is 0 Å². The summed E-state index contributed by atoms with van der Waals surface area (Å²) in [6, 6.07) is 10.1. The summed E-state index contributed by atoms with van der Waals surface area (Å²) in [5, 5.41) is 2.97. The Morgan fingerprint density at radius 3 is 2.94 bits per heavy atom. The maximum Gasteiger partial charge on any atom is 0.224 e. The molecule has 0 atom stereocenters. The highest BCUT2D eigenvalue weighted by atomic mass is 16.1. The molecule has 0 spiro atoms. The highest BCUT2D eigenvalue weighted by molar-refractivity contribution is 5.93. The van der Waals surface area contributed by atoms with E-state index in [-0.39, 0.29) is 5.91 Å². The van der Waals surface area contributed by atoms with Crippen molar-refractivity contribution in [3.63, 3.8) is 0 Å². The molecule has 0 fully saturated rings. The molecule has 17 heavy (non-hydrogen) atoms. The Labute approximate surface area is 100 Å². The van der Waals surface area contributed by atoms with Crippen molar-refractivity contribution in [2.24, 2.45) is 0 Å². The number of hydrogen-bond donors (Lipinski definition) is 1. The molecule has 86 valence electrons. The average Bonchev–Trinajstić information content (AvgIpc) is 2.72. The molecule has 3 rings (SSSR count). The van der Waals surface area contributed by atoms with Gasteiger partial charge in [-0.2, -0.15) is 0 Å². The fraction of sp³-hybridized carbons (Fsp3) is 0.214. The summed E-state index contributed by atoms with van der Waals surface area (Å²) in [6.07, 6.45) is 3.38. The van der Waals surface area contributed by atoms with Gasteiger partial charge in [0, 0.05) is 18.3 Å². The van der Waals surface area contributed by atoms with Gasteiger partial charge in [0.05, 0.1) is 11.4 Å². The third kappa shape index (κ3) is 1.64. The zero-order chi connectivity index (χ0) is 11.8. The van der Waals surface area contributed by atoms with E-state index in [9.17, 15) is 4.79 Å². The van der Waals surface area contributed by atoms with Crippen LogP contribution in [0.2, 0.25) is 0 Å². The van der Waals surface area contributed by atoms with E-state index in [4.69, 9.17) is 0 Å². The summed E-state index contributed by atoms with van der Waals surface area (Å²) in [7, 11) is 0. The van der Waals surface area contributed by atoms with E-state index >= 15 is 0 Å². The number of benzene rings is 1. The number of hydrogen-bond acceptors (Lipinski definition) is 1. The Kier molecular flexibility index (Phi) is 2.25. The summed E-state index contributed by atoms with van der Waals surface area (Å²) in [6.45, 7) is 2.07. The molecule has 0 unspecified atom stereocenters. The van der Waals surface area contributed by atoms with E-state index < -0.39 is 0 Å². The number of aromatic nitrogens is 1. The second-order valence-electron chi connectivity index (χ2n) is 4.39. The SMILES string of the molecule is Cc1cccc2c1-n1cccc1CCC(=O)N2. The topological polar surface area (TPSA) is 34.0 Å². The van der Waals surface area contributed by atoms with Gasteiger partial charge < -0.3 is 9.88 Å². The van der Waals surface area contributed by atoms with Gasteiger partial charge >= 0.3 is 0 Å². The molecule has 0 bridgehead atoms. The highest BCUT2D eigenvalue weighted by Crippen LogP contribution is 2.28. The van der Waals surface area contributed by atoms with Crippen LogP contribution in [0.25, 0.3) is 5.69 Å². The molecule has 1 aliphatic rings. The second-order valence-corrected chi connectivity index (χ2v) is 4.39. The molecule has 3 nitrogen and oxygen atoms in total. The number of carbonyl (C=O) groups excluding carboxylic acids is 1. The molecule has 0 saturated heterocycles. The van der Waals surface area contributed by atoms with Crippen LogP contribution in [0.15, 0.2) is 36.5 Å². The van der Waals surface area contributed by atoms with Gasteiger partial charge in [-0.1, -0.05) is 12.1 Å². The smallest absolute Gasteiger partial charge is 0.224 e. The van der Waals surface area contributed by atoms with Crippen molar-refractivity contribution in [2.45, 2.75) is 19.8 Å². The van der Waals surface area contributed by atoms with Crippen molar-refractivity contribution < 1.29 is 4.79 Å². The zero-order valence-corrected chi connectivity index (χ0v) is 9.73. The quantitative estimate of drug-likeness (QED) is 0.736. The number of nitrogens with zero attached hydrogens (tertiary/aromatic N) is 1. The van der Waals surface area contributed by atoms with Gasteiger partial charge in [-0.3, -0.25) is 4.79 Å². The maximum absolute atomic E-state index is 11.7. The second kappa shape index (κ2) is 3.77. The Morgan fingerprint density at radius 2 is 2.06 bits per heavy atom. The van der Waals surface area contributed by atoms with Crippen LogP contribution < -0.4 is 5.32 Å². The molecular weight excluding hydrogens is 212 g/mol. The summed E-state index contributed by atoms with van der Waals surface area (Å²) in [4.78, 5) is 11.7. The number of rotatable bonds is 0. The molecule has 2 heterocycles. The van der Waals surface area contributed by atoms with Crippen molar-refractivity contribution in [3.8, 4) is 5.69 Å². The molecule has 1 N–H and O–H groups in total. The van der Waals surface area contributed by atoms with Gasteiger partial charge in [0.2, 0.25) is 5.91 Å². The molecule has 1 aromatic heterocycles. The molecule has 0 saturated carbocycles. The number of para-hydroxylation sites is 1. The average molecular weight is 226 g/mol. The van der Waals surface area contributed by atoms with Crippen molar-refractivity contribution in [1.82, 2.24) is 4.57 Å². The number of amides is 1. The van der Waals surface area contributed by atoms with Crippen molar-refractivity contribution in [1.29, 1.82) is 0 Å². The molecule has 2 aromatic rings. The van der Waals surface area contributed by atoms with Crippen LogP contribution in [0.1, 0.15) is 17.7 Å². The maximum atomic E-state index is 11.7. The van der Waals surface area contributed by atoms with Gasteiger partial charge in [-0.25, -0.2) is 0 Å².